The van der Waals surface area contributed by atoms with Gasteiger partial charge in [0.15, 0.2) is 5.82 Å². The quantitative estimate of drug-likeness (QED) is 0.168. The molecule has 1 atom stereocenters. The summed E-state index contributed by atoms with van der Waals surface area (Å²) < 4.78 is 0. The monoisotopic (exact) mass is 789 g/mol. The summed E-state index contributed by atoms with van der Waals surface area (Å²) >= 11 is 0. The first-order valence-electron chi connectivity index (χ1n) is 21.2. The smallest absolute Gasteiger partial charge is 0.160 e. The Balaban J connectivity index is 1.04. The maximum absolute atomic E-state index is 5.28. The van der Waals surface area contributed by atoms with Gasteiger partial charge in [0, 0.05) is 29.1 Å². The van der Waals surface area contributed by atoms with E-state index in [2.05, 4.69) is 194 Å². The molecule has 0 radical (unpaired) electrons. The van der Waals surface area contributed by atoms with Crippen LogP contribution in [0.4, 0.5) is 0 Å². The van der Waals surface area contributed by atoms with Gasteiger partial charge in [0.25, 0.3) is 0 Å². The normalized spacial score (nSPS) is 14.3. The third-order valence-corrected chi connectivity index (χ3v) is 12.9. The van der Waals surface area contributed by atoms with Gasteiger partial charge in [-0.25, -0.2) is 9.97 Å². The lowest BCUT2D eigenvalue weighted by Crippen LogP contribution is -2.26. The molecule has 0 saturated heterocycles. The van der Waals surface area contributed by atoms with Crippen LogP contribution in [0.15, 0.2) is 219 Å². The van der Waals surface area contributed by atoms with Crippen molar-refractivity contribution in [2.24, 2.45) is 0 Å². The Bertz CT molecular complexity index is 3300. The fourth-order valence-electron chi connectivity index (χ4n) is 10.1. The van der Waals surface area contributed by atoms with Gasteiger partial charge in [-0.2, -0.15) is 0 Å². The molecular formula is C59H39N3. The van der Waals surface area contributed by atoms with Gasteiger partial charge in [-0.05, 0) is 127 Å². The summed E-state index contributed by atoms with van der Waals surface area (Å²) in [4.78, 5) is 14.7. The molecule has 0 saturated carbocycles. The molecule has 2 aliphatic rings. The van der Waals surface area contributed by atoms with E-state index in [9.17, 15) is 0 Å². The summed E-state index contributed by atoms with van der Waals surface area (Å²) in [5.74, 6) is 0.711. The third kappa shape index (κ3) is 5.63. The lowest BCUT2D eigenvalue weighted by Gasteiger charge is -2.31. The fraction of sp³-hybridized carbons (Fsp3) is 0.0339. The minimum absolute atomic E-state index is 0.532. The van der Waals surface area contributed by atoms with Crippen molar-refractivity contribution in [3.05, 3.63) is 246 Å². The van der Waals surface area contributed by atoms with Crippen LogP contribution in [0.1, 0.15) is 27.8 Å². The highest BCUT2D eigenvalue weighted by Gasteiger charge is 2.51. The molecule has 2 heterocycles. The Kier molecular flexibility index (Phi) is 8.29. The summed E-state index contributed by atoms with van der Waals surface area (Å²) in [6.45, 7) is 2.12. The first kappa shape index (κ1) is 35.9. The molecule has 1 unspecified atom stereocenters. The van der Waals surface area contributed by atoms with Crippen LogP contribution in [0.25, 0.3) is 89.5 Å². The molecule has 8 aromatic carbocycles. The Hall–Kier alpha value is -8.01. The molecule has 3 nitrogen and oxygen atoms in total. The molecule has 0 bridgehead atoms. The molecule has 62 heavy (non-hydrogen) atoms. The average Bonchev–Trinajstić information content (AvgIpc) is 3.81. The fourth-order valence-corrected chi connectivity index (χ4v) is 10.1. The number of hydrogen-bond acceptors (Lipinski definition) is 3. The molecule has 2 aliphatic carbocycles. The van der Waals surface area contributed by atoms with Crippen molar-refractivity contribution >= 4 is 0 Å². The highest BCUT2D eigenvalue weighted by atomic mass is 14.9. The Morgan fingerprint density at radius 1 is 0.323 bits per heavy atom. The topological polar surface area (TPSA) is 38.7 Å². The number of fused-ring (bicyclic) bond motifs is 10. The van der Waals surface area contributed by atoms with Crippen LogP contribution in [-0.4, -0.2) is 15.0 Å². The molecule has 0 aliphatic heterocycles. The van der Waals surface area contributed by atoms with Crippen LogP contribution in [0.5, 0.6) is 0 Å². The van der Waals surface area contributed by atoms with Gasteiger partial charge in [0.05, 0.1) is 16.8 Å². The van der Waals surface area contributed by atoms with Gasteiger partial charge in [-0.1, -0.05) is 170 Å². The van der Waals surface area contributed by atoms with Crippen LogP contribution in [0.3, 0.4) is 0 Å². The van der Waals surface area contributed by atoms with Crippen molar-refractivity contribution in [2.45, 2.75) is 12.3 Å². The van der Waals surface area contributed by atoms with Crippen molar-refractivity contribution in [1.29, 1.82) is 0 Å². The largest absolute Gasteiger partial charge is 0.264 e. The summed E-state index contributed by atoms with van der Waals surface area (Å²) in [7, 11) is 0. The molecular weight excluding hydrogens is 751 g/mol. The van der Waals surface area contributed by atoms with Crippen molar-refractivity contribution in [1.82, 2.24) is 15.0 Å². The minimum Gasteiger partial charge on any atom is -0.264 e. The second-order valence-corrected chi connectivity index (χ2v) is 16.4. The summed E-state index contributed by atoms with van der Waals surface area (Å²) in [5.41, 5.74) is 23.0. The predicted molar refractivity (Wildman–Crippen MR) is 253 cm³/mol. The van der Waals surface area contributed by atoms with Crippen LogP contribution in [0.2, 0.25) is 0 Å². The van der Waals surface area contributed by atoms with Gasteiger partial charge in [-0.3, -0.25) is 4.98 Å². The molecule has 2 aromatic heterocycles. The van der Waals surface area contributed by atoms with Crippen LogP contribution < -0.4 is 0 Å². The average molecular weight is 790 g/mol. The zero-order valence-electron chi connectivity index (χ0n) is 34.1. The first-order chi connectivity index (χ1) is 30.6. The number of pyridine rings is 1. The SMILES string of the molecule is Cc1cnccc1-c1cccc(-c2cccc(-c3ccc4c(c3)C3(c5ccccc5-4)c4ccccc4-c4ccc(-c5cc(-c6ccccc6)nc(-c6ccccc6)n5)cc43)c2)c1. The molecule has 10 aromatic rings. The van der Waals surface area contributed by atoms with Crippen molar-refractivity contribution in [2.75, 3.05) is 0 Å². The molecule has 0 N–H and O–H groups in total. The maximum atomic E-state index is 5.28. The van der Waals surface area contributed by atoms with E-state index in [1.807, 2.05) is 36.7 Å². The van der Waals surface area contributed by atoms with E-state index in [4.69, 9.17) is 9.97 Å². The molecule has 290 valence electrons. The number of aromatic nitrogens is 3. The summed E-state index contributed by atoms with van der Waals surface area (Å²) in [6, 6.07) is 74.9. The first-order valence-corrected chi connectivity index (χ1v) is 21.2. The Morgan fingerprint density at radius 2 is 0.790 bits per heavy atom. The number of nitrogens with zero attached hydrogens (tertiary/aromatic N) is 3. The van der Waals surface area contributed by atoms with Gasteiger partial charge < -0.3 is 0 Å². The Labute approximate surface area is 361 Å². The molecule has 0 fully saturated rings. The van der Waals surface area contributed by atoms with Gasteiger partial charge in [0.1, 0.15) is 0 Å². The van der Waals surface area contributed by atoms with E-state index >= 15 is 0 Å². The van der Waals surface area contributed by atoms with Gasteiger partial charge >= 0.3 is 0 Å². The van der Waals surface area contributed by atoms with Crippen LogP contribution in [0, 0.1) is 6.92 Å². The highest BCUT2D eigenvalue weighted by Crippen LogP contribution is 2.63. The van der Waals surface area contributed by atoms with Crippen LogP contribution in [-0.2, 0) is 5.41 Å². The molecule has 1 spiro atoms. The van der Waals surface area contributed by atoms with E-state index in [0.717, 1.165) is 28.1 Å². The van der Waals surface area contributed by atoms with E-state index in [0.29, 0.717) is 5.82 Å². The number of aryl methyl sites for hydroxylation is 1. The summed E-state index contributed by atoms with van der Waals surface area (Å²) in [5, 5.41) is 0. The number of benzene rings is 8. The van der Waals surface area contributed by atoms with E-state index < -0.39 is 5.41 Å². The van der Waals surface area contributed by atoms with Crippen molar-refractivity contribution in [3.8, 4) is 89.5 Å². The molecule has 12 rings (SSSR count). The van der Waals surface area contributed by atoms with E-state index in [-0.39, 0.29) is 0 Å². The highest BCUT2D eigenvalue weighted by molar-refractivity contribution is 5.97. The standard InChI is InChI=1S/C59H39N3/c1-38-37-60-31-30-47(38)45-21-13-20-43(33-45)41-18-12-19-42(32-41)44-26-28-50-48-22-8-10-24-52(48)59(54(50)34-44)53-25-11-9-23-49(53)51-29-27-46(35-55(51)59)57-36-56(39-14-4-2-5-15-39)61-58(62-57)40-16-6-3-7-17-40/h2-37H,1H3. The molecule has 3 heteroatoms. The maximum Gasteiger partial charge on any atom is 0.160 e. The van der Waals surface area contributed by atoms with E-state index in [1.165, 1.54) is 83.5 Å². The Morgan fingerprint density at radius 3 is 1.42 bits per heavy atom. The third-order valence-electron chi connectivity index (χ3n) is 12.9. The lowest BCUT2D eigenvalue weighted by molar-refractivity contribution is 0.794. The van der Waals surface area contributed by atoms with Crippen molar-refractivity contribution in [3.63, 3.8) is 0 Å². The molecule has 0 amide bonds. The van der Waals surface area contributed by atoms with Crippen molar-refractivity contribution < 1.29 is 0 Å². The minimum atomic E-state index is -0.532. The second kappa shape index (κ2) is 14.3. The van der Waals surface area contributed by atoms with Crippen LogP contribution >= 0.6 is 0 Å². The van der Waals surface area contributed by atoms with Gasteiger partial charge in [-0.15, -0.1) is 0 Å². The second-order valence-electron chi connectivity index (χ2n) is 16.4. The van der Waals surface area contributed by atoms with E-state index in [1.54, 1.807) is 0 Å². The number of rotatable bonds is 6. The zero-order chi connectivity index (χ0) is 41.2. The zero-order valence-corrected chi connectivity index (χ0v) is 34.1. The lowest BCUT2D eigenvalue weighted by atomic mass is 9.70. The van der Waals surface area contributed by atoms with Gasteiger partial charge in [0.2, 0.25) is 0 Å². The number of hydrogen-bond donors (Lipinski definition) is 0. The summed E-state index contributed by atoms with van der Waals surface area (Å²) in [6.07, 6.45) is 3.80. The predicted octanol–water partition coefficient (Wildman–Crippen LogP) is 14.5.